The summed E-state index contributed by atoms with van der Waals surface area (Å²) in [7, 11) is 1.12. The molecule has 0 unspecified atom stereocenters. The maximum absolute atomic E-state index is 12.3. The monoisotopic (exact) mass is 794 g/mol. The van der Waals surface area contributed by atoms with Crippen LogP contribution in [0.1, 0.15) is 107 Å². The first-order valence-corrected chi connectivity index (χ1v) is 19.1. The van der Waals surface area contributed by atoms with Gasteiger partial charge in [-0.1, -0.05) is 12.1 Å². The Morgan fingerprint density at radius 2 is 1.37 bits per heavy atom. The van der Waals surface area contributed by atoms with Gasteiger partial charge in [-0.25, -0.2) is 9.59 Å². The molecule has 0 aromatic heterocycles. The second-order valence-electron chi connectivity index (χ2n) is 15.7. The van der Waals surface area contributed by atoms with Crippen LogP contribution < -0.4 is 26.0 Å². The van der Waals surface area contributed by atoms with Gasteiger partial charge in [0.15, 0.2) is 0 Å². The molecule has 0 aliphatic rings. The summed E-state index contributed by atoms with van der Waals surface area (Å²) in [5, 5.41) is 19.3. The summed E-state index contributed by atoms with van der Waals surface area (Å²) >= 11 is 0. The van der Waals surface area contributed by atoms with E-state index in [0.717, 1.165) is 56.1 Å². The number of carbonyl (C=O) groups is 3. The molecule has 0 saturated heterocycles. The Kier molecular flexibility index (Phi) is 22.3. The Morgan fingerprint density at radius 3 is 1.91 bits per heavy atom. The van der Waals surface area contributed by atoms with Crippen LogP contribution in [0.25, 0.3) is 0 Å². The molecule has 314 valence electrons. The molecule has 4 N–H and O–H groups in total. The van der Waals surface area contributed by atoms with Crippen molar-refractivity contribution in [2.75, 3.05) is 26.3 Å². The third-order valence-corrected chi connectivity index (χ3v) is 6.85. The third kappa shape index (κ3) is 27.7. The zero-order valence-electron chi connectivity index (χ0n) is 35.5. The average Bonchev–Trinajstić information content (AvgIpc) is 3.07. The van der Waals surface area contributed by atoms with Gasteiger partial charge in [-0.2, -0.15) is 0 Å². The van der Waals surface area contributed by atoms with Gasteiger partial charge in [0.25, 0.3) is 0 Å². The minimum absolute atomic E-state index is 0.0599. The fourth-order valence-corrected chi connectivity index (χ4v) is 4.44. The average molecular weight is 795 g/mol. The van der Waals surface area contributed by atoms with Gasteiger partial charge < -0.3 is 14.2 Å². The van der Waals surface area contributed by atoms with Crippen molar-refractivity contribution in [3.63, 3.8) is 0 Å². The normalized spacial score (nSPS) is 11.9. The van der Waals surface area contributed by atoms with Crippen LogP contribution in [0.5, 0.6) is 5.75 Å². The Labute approximate surface area is 339 Å². The maximum atomic E-state index is 12.3. The topological polar surface area (TPSA) is 191 Å². The Morgan fingerprint density at radius 1 is 0.807 bits per heavy atom. The van der Waals surface area contributed by atoms with E-state index in [0.29, 0.717) is 38.5 Å². The number of nitrogens with one attached hydrogen (secondary N) is 4. The molecule has 1 rings (SSSR count). The molecule has 0 saturated carbocycles. The molecule has 0 heterocycles. The summed E-state index contributed by atoms with van der Waals surface area (Å²) in [5.41, 5.74) is 0.218. The molecule has 0 aliphatic carbocycles. The molecular formula is C41H63BN6O9. The summed E-state index contributed by atoms with van der Waals surface area (Å²) in [6, 6.07) is 7.70. The van der Waals surface area contributed by atoms with Gasteiger partial charge in [0.2, 0.25) is 5.96 Å². The molecule has 16 heteroatoms. The van der Waals surface area contributed by atoms with E-state index in [9.17, 15) is 14.4 Å². The predicted molar refractivity (Wildman–Crippen MR) is 223 cm³/mol. The van der Waals surface area contributed by atoms with Crippen molar-refractivity contribution in [3.8, 4) is 12.0 Å². The number of aliphatic imine (C=N–C) groups is 1. The Bertz CT molecular complexity index is 1560. The van der Waals surface area contributed by atoms with Crippen molar-refractivity contribution in [3.05, 3.63) is 66.0 Å². The molecule has 0 fully saturated rings. The van der Waals surface area contributed by atoms with E-state index in [-0.39, 0.29) is 11.7 Å². The van der Waals surface area contributed by atoms with Gasteiger partial charge >= 0.3 is 174 Å². The van der Waals surface area contributed by atoms with Gasteiger partial charge in [0.05, 0.1) is 6.61 Å². The first-order chi connectivity index (χ1) is 26.7. The number of ether oxygens (including phenoxy) is 5. The van der Waals surface area contributed by atoms with Crippen molar-refractivity contribution in [2.45, 2.75) is 125 Å². The molecule has 0 spiro atoms. The quantitative estimate of drug-likeness (QED) is 0.0151. The number of hydrogen-bond acceptors (Lipinski definition) is 12. The van der Waals surface area contributed by atoms with E-state index in [1.54, 1.807) is 68.6 Å². The molecule has 0 radical (unpaired) electrons. The van der Waals surface area contributed by atoms with Crippen molar-refractivity contribution >= 4 is 37.1 Å². The summed E-state index contributed by atoms with van der Waals surface area (Å²) in [6.45, 7) is 23.6. The van der Waals surface area contributed by atoms with Gasteiger partial charge in [0.1, 0.15) is 17.0 Å². The van der Waals surface area contributed by atoms with Crippen molar-refractivity contribution < 1.29 is 42.7 Å². The minimum atomic E-state index is -0.742. The summed E-state index contributed by atoms with van der Waals surface area (Å²) in [4.78, 5) is 41.0. The number of nitrogens with zero attached hydrogens (tertiary/aromatic N) is 2. The number of nitriles is 1. The van der Waals surface area contributed by atoms with Crippen LogP contribution in [-0.4, -0.2) is 80.2 Å². The number of benzene rings is 1. The Balaban J connectivity index is 2.40. The van der Waals surface area contributed by atoms with Crippen LogP contribution in [0.2, 0.25) is 0 Å². The zero-order chi connectivity index (χ0) is 42.9. The zero-order valence-corrected chi connectivity index (χ0v) is 35.5. The first-order valence-electron chi connectivity index (χ1n) is 19.1. The second-order valence-corrected chi connectivity index (χ2v) is 15.7. The Hall–Kier alpha value is -5.46. The SMILES string of the molecule is C=C(/C=C\C(=C/C)CCCNC(=BOC#N)NC(=O)OC(C)(C)C)OCCCCCOc1ccc(CCN=C(NC(=O)OC(C)(C)C)NC(=O)OC(C)(C)C)cc1. The van der Waals surface area contributed by atoms with Crippen molar-refractivity contribution in [1.82, 2.24) is 21.3 Å². The van der Waals surface area contributed by atoms with Gasteiger partial charge in [-0.15, -0.1) is 0 Å². The van der Waals surface area contributed by atoms with E-state index in [2.05, 4.69) is 37.5 Å². The second kappa shape index (κ2) is 25.7. The van der Waals surface area contributed by atoms with Crippen LogP contribution in [0.4, 0.5) is 14.4 Å². The van der Waals surface area contributed by atoms with E-state index in [1.807, 2.05) is 49.4 Å². The van der Waals surface area contributed by atoms with E-state index in [4.69, 9.17) is 28.9 Å². The standard InChI is InChI=1S/C41H63BN6O9/c1-12-31(17-16-25-44-34(42-54-29-43)46-36(49)55-39(3,4)5)19-18-30(2)52-27-14-13-15-28-53-33-22-20-32(21-23-33)24-26-45-35(47-37(50)56-40(6,7)8)48-38(51)57-41(9,10)11/h12,18-23,44H,2,13-17,24-28H2,1,3-11H3,(H,46,49)(H2,45,47,48,50,51)/b19-18-,31-12-. The van der Waals surface area contributed by atoms with Crippen LogP contribution in [0.15, 0.2) is 65.4 Å². The number of unbranched alkanes of at least 4 members (excludes halogenated alkanes) is 2. The van der Waals surface area contributed by atoms with Crippen LogP contribution >= 0.6 is 0 Å². The molecule has 0 atom stereocenters. The summed E-state index contributed by atoms with van der Waals surface area (Å²) in [5.74, 6) is 1.27. The number of guanidine groups is 1. The number of alkyl carbamates (subject to hydrolysis) is 3. The third-order valence-electron chi connectivity index (χ3n) is 6.85. The molecule has 1 aromatic rings. The van der Waals surface area contributed by atoms with Gasteiger partial charge in [-0.05, 0) is 78.5 Å². The molecular weight excluding hydrogens is 731 g/mol. The number of hydrogen-bond donors (Lipinski definition) is 4. The van der Waals surface area contributed by atoms with Gasteiger partial charge in [-0.3, -0.25) is 15.6 Å². The number of carbonyl (C=O) groups excluding carboxylic acids is 3. The number of allylic oxidation sites excluding steroid dienone is 4. The molecule has 1 aromatic carbocycles. The van der Waals surface area contributed by atoms with Crippen molar-refractivity contribution in [2.24, 2.45) is 4.99 Å². The predicted octanol–water partition coefficient (Wildman–Crippen LogP) is 7.32. The molecule has 15 nitrogen and oxygen atoms in total. The fraction of sp³-hybridized carbons (Fsp3) is 0.561. The molecule has 0 bridgehead atoms. The number of amides is 3. The van der Waals surface area contributed by atoms with E-state index in [1.165, 1.54) is 0 Å². The van der Waals surface area contributed by atoms with Crippen LogP contribution in [-0.2, 0) is 30.0 Å². The fourth-order valence-electron chi connectivity index (χ4n) is 4.44. The van der Waals surface area contributed by atoms with Crippen LogP contribution in [0.3, 0.4) is 0 Å². The van der Waals surface area contributed by atoms with Gasteiger partial charge in [0, 0.05) is 6.54 Å². The minimum Gasteiger partial charge on any atom is -0.494 e. The van der Waals surface area contributed by atoms with E-state index < -0.39 is 35.1 Å². The molecule has 0 aliphatic heterocycles. The molecule has 3 amide bonds. The smallest absolute Gasteiger partial charge is 0.494 e. The van der Waals surface area contributed by atoms with Crippen molar-refractivity contribution in [1.29, 1.82) is 5.26 Å². The summed E-state index contributed by atoms with van der Waals surface area (Å²) < 4.78 is 32.1. The number of rotatable bonds is 20. The molecule has 57 heavy (non-hydrogen) atoms. The summed E-state index contributed by atoms with van der Waals surface area (Å²) in [6.07, 6.45) is 9.93. The van der Waals surface area contributed by atoms with E-state index >= 15 is 0 Å². The van der Waals surface area contributed by atoms with Crippen LogP contribution in [0, 0.1) is 11.5 Å². The first kappa shape index (κ1) is 49.6.